The van der Waals surface area contributed by atoms with Crippen LogP contribution < -0.4 is 10.6 Å². The summed E-state index contributed by atoms with van der Waals surface area (Å²) in [6.45, 7) is 0.295. The zero-order valence-electron chi connectivity index (χ0n) is 12.3. The zero-order chi connectivity index (χ0) is 16.8. The summed E-state index contributed by atoms with van der Waals surface area (Å²) < 4.78 is 5.21. The molecule has 0 saturated carbocycles. The number of anilines is 1. The molecule has 0 aliphatic rings. The molecular formula is C16H15BrN2O4. The Kier molecular flexibility index (Phi) is 5.59. The summed E-state index contributed by atoms with van der Waals surface area (Å²) >= 11 is 3.26. The van der Waals surface area contributed by atoms with Crippen LogP contribution in [0.25, 0.3) is 0 Å². The third kappa shape index (κ3) is 4.72. The number of benzene rings is 2. The Balaban J connectivity index is 1.96. The number of halogens is 1. The van der Waals surface area contributed by atoms with Crippen molar-refractivity contribution in [3.63, 3.8) is 0 Å². The summed E-state index contributed by atoms with van der Waals surface area (Å²) in [6.07, 6.45) is -0.545. The lowest BCUT2D eigenvalue weighted by Crippen LogP contribution is -2.22. The molecule has 0 aromatic heterocycles. The van der Waals surface area contributed by atoms with Gasteiger partial charge in [0, 0.05) is 16.7 Å². The summed E-state index contributed by atoms with van der Waals surface area (Å²) in [5, 5.41) is 15.0. The molecule has 0 unspecified atom stereocenters. The van der Waals surface area contributed by atoms with Crippen molar-refractivity contribution in [2.75, 3.05) is 12.4 Å². The Bertz CT molecular complexity index is 717. The first-order valence-corrected chi connectivity index (χ1v) is 7.49. The number of hydrogen-bond donors (Lipinski definition) is 3. The van der Waals surface area contributed by atoms with Gasteiger partial charge in [-0.15, -0.1) is 0 Å². The smallest absolute Gasteiger partial charge is 0.411 e. The predicted molar refractivity (Wildman–Crippen MR) is 89.4 cm³/mol. The molecule has 7 heteroatoms. The van der Waals surface area contributed by atoms with E-state index in [4.69, 9.17) is 0 Å². The normalized spacial score (nSPS) is 10.0. The Morgan fingerprint density at radius 3 is 2.52 bits per heavy atom. The highest BCUT2D eigenvalue weighted by Crippen LogP contribution is 2.21. The average Bonchev–Trinajstić information content (AvgIpc) is 2.56. The van der Waals surface area contributed by atoms with Crippen molar-refractivity contribution in [3.8, 4) is 5.75 Å². The van der Waals surface area contributed by atoms with E-state index in [2.05, 4.69) is 31.3 Å². The molecular weight excluding hydrogens is 364 g/mol. The maximum absolute atomic E-state index is 12.1. The molecule has 0 heterocycles. The zero-order valence-corrected chi connectivity index (χ0v) is 13.9. The Hall–Kier alpha value is -2.54. The van der Waals surface area contributed by atoms with E-state index in [0.29, 0.717) is 16.7 Å². The molecule has 0 radical (unpaired) electrons. The molecule has 0 atom stereocenters. The lowest BCUT2D eigenvalue weighted by atomic mass is 10.1. The number of methoxy groups -OCH3 is 1. The first-order valence-electron chi connectivity index (χ1n) is 6.70. The maximum Gasteiger partial charge on any atom is 0.411 e. The van der Waals surface area contributed by atoms with Gasteiger partial charge in [-0.25, -0.2) is 4.79 Å². The van der Waals surface area contributed by atoms with Gasteiger partial charge < -0.3 is 15.2 Å². The SMILES string of the molecule is COC(=O)Nc1ccc(CNC(=O)c2cc(Br)ccc2O)cc1. The van der Waals surface area contributed by atoms with Crippen LogP contribution in [0.1, 0.15) is 15.9 Å². The highest BCUT2D eigenvalue weighted by atomic mass is 79.9. The average molecular weight is 379 g/mol. The Labute approximate surface area is 141 Å². The molecule has 0 saturated heterocycles. The summed E-state index contributed by atoms with van der Waals surface area (Å²) in [7, 11) is 1.29. The van der Waals surface area contributed by atoms with Gasteiger partial charge in [0.2, 0.25) is 0 Å². The van der Waals surface area contributed by atoms with Crippen LogP contribution in [0.15, 0.2) is 46.9 Å². The first-order chi connectivity index (χ1) is 11.0. The van der Waals surface area contributed by atoms with Crippen molar-refractivity contribution in [2.24, 2.45) is 0 Å². The second-order valence-corrected chi connectivity index (χ2v) is 5.57. The van der Waals surface area contributed by atoms with E-state index in [1.807, 2.05) is 0 Å². The van der Waals surface area contributed by atoms with E-state index in [-0.39, 0.29) is 17.2 Å². The van der Waals surface area contributed by atoms with Crippen molar-refractivity contribution < 1.29 is 19.4 Å². The molecule has 0 aliphatic carbocycles. The molecule has 0 spiro atoms. The molecule has 0 bridgehead atoms. The van der Waals surface area contributed by atoms with Gasteiger partial charge in [0.05, 0.1) is 12.7 Å². The van der Waals surface area contributed by atoms with Gasteiger partial charge in [-0.1, -0.05) is 28.1 Å². The molecule has 2 rings (SSSR count). The van der Waals surface area contributed by atoms with Crippen LogP contribution in [0, 0.1) is 0 Å². The van der Waals surface area contributed by atoms with Crippen LogP contribution in [0.3, 0.4) is 0 Å². The molecule has 2 aromatic carbocycles. The molecule has 6 nitrogen and oxygen atoms in total. The highest BCUT2D eigenvalue weighted by molar-refractivity contribution is 9.10. The van der Waals surface area contributed by atoms with Crippen LogP contribution in [-0.2, 0) is 11.3 Å². The minimum absolute atomic E-state index is 0.0803. The Morgan fingerprint density at radius 2 is 1.87 bits per heavy atom. The number of ether oxygens (including phenoxy) is 1. The second kappa shape index (κ2) is 7.64. The van der Waals surface area contributed by atoms with Crippen molar-refractivity contribution >= 4 is 33.6 Å². The molecule has 2 amide bonds. The van der Waals surface area contributed by atoms with E-state index in [1.165, 1.54) is 13.2 Å². The van der Waals surface area contributed by atoms with Crippen LogP contribution in [-0.4, -0.2) is 24.2 Å². The van der Waals surface area contributed by atoms with Gasteiger partial charge in [0.15, 0.2) is 0 Å². The molecule has 3 N–H and O–H groups in total. The van der Waals surface area contributed by atoms with Gasteiger partial charge in [-0.05, 0) is 35.9 Å². The van der Waals surface area contributed by atoms with Gasteiger partial charge in [0.25, 0.3) is 5.91 Å². The predicted octanol–water partition coefficient (Wildman–Crippen LogP) is 3.26. The lowest BCUT2D eigenvalue weighted by Gasteiger charge is -2.08. The van der Waals surface area contributed by atoms with Crippen LogP contribution >= 0.6 is 15.9 Å². The Morgan fingerprint density at radius 1 is 1.17 bits per heavy atom. The number of phenolic OH excluding ortho intramolecular Hbond substituents is 1. The van der Waals surface area contributed by atoms with Gasteiger partial charge in [0.1, 0.15) is 5.75 Å². The molecule has 0 aliphatic heterocycles. The maximum atomic E-state index is 12.1. The summed E-state index contributed by atoms with van der Waals surface area (Å²) in [5.74, 6) is -0.455. The molecule has 23 heavy (non-hydrogen) atoms. The molecule has 2 aromatic rings. The fourth-order valence-corrected chi connectivity index (χ4v) is 2.20. The number of phenols is 1. The summed E-state index contributed by atoms with van der Waals surface area (Å²) in [4.78, 5) is 23.2. The second-order valence-electron chi connectivity index (χ2n) is 4.66. The first kappa shape index (κ1) is 16.8. The number of hydrogen-bond acceptors (Lipinski definition) is 4. The number of carbonyl (C=O) groups is 2. The van der Waals surface area contributed by atoms with Crippen LogP contribution in [0.4, 0.5) is 10.5 Å². The van der Waals surface area contributed by atoms with Crippen molar-refractivity contribution in [3.05, 3.63) is 58.1 Å². The van der Waals surface area contributed by atoms with Crippen molar-refractivity contribution in [2.45, 2.75) is 6.54 Å². The minimum Gasteiger partial charge on any atom is -0.507 e. The number of carbonyl (C=O) groups excluding carboxylic acids is 2. The monoisotopic (exact) mass is 378 g/mol. The van der Waals surface area contributed by atoms with Gasteiger partial charge in [-0.3, -0.25) is 10.1 Å². The van der Waals surface area contributed by atoms with Gasteiger partial charge >= 0.3 is 6.09 Å². The third-order valence-corrected chi connectivity index (χ3v) is 3.54. The topological polar surface area (TPSA) is 87.7 Å². The summed E-state index contributed by atoms with van der Waals surface area (Å²) in [5.41, 5.74) is 1.64. The quantitative estimate of drug-likeness (QED) is 0.761. The largest absolute Gasteiger partial charge is 0.507 e. The fourth-order valence-electron chi connectivity index (χ4n) is 1.84. The van der Waals surface area contributed by atoms with Crippen molar-refractivity contribution in [1.82, 2.24) is 5.32 Å². The van der Waals surface area contributed by atoms with Crippen LogP contribution in [0.5, 0.6) is 5.75 Å². The lowest BCUT2D eigenvalue weighted by molar-refractivity contribution is 0.0948. The van der Waals surface area contributed by atoms with E-state index in [1.54, 1.807) is 36.4 Å². The number of amides is 2. The third-order valence-electron chi connectivity index (χ3n) is 3.04. The fraction of sp³-hybridized carbons (Fsp3) is 0.125. The number of aromatic hydroxyl groups is 1. The van der Waals surface area contributed by atoms with E-state index < -0.39 is 6.09 Å². The van der Waals surface area contributed by atoms with Gasteiger partial charge in [-0.2, -0.15) is 0 Å². The molecule has 0 fully saturated rings. The minimum atomic E-state index is -0.545. The standard InChI is InChI=1S/C16H15BrN2O4/c1-23-16(22)19-12-5-2-10(3-6-12)9-18-15(21)13-8-11(17)4-7-14(13)20/h2-8,20H,9H2,1H3,(H,18,21)(H,19,22). The number of rotatable bonds is 4. The number of nitrogens with one attached hydrogen (secondary N) is 2. The highest BCUT2D eigenvalue weighted by Gasteiger charge is 2.11. The summed E-state index contributed by atoms with van der Waals surface area (Å²) in [6, 6.07) is 11.6. The van der Waals surface area contributed by atoms with Crippen molar-refractivity contribution in [1.29, 1.82) is 0 Å². The molecule has 120 valence electrons. The van der Waals surface area contributed by atoms with E-state index >= 15 is 0 Å². The van der Waals surface area contributed by atoms with E-state index in [0.717, 1.165) is 5.56 Å². The van der Waals surface area contributed by atoms with Crippen LogP contribution in [0.2, 0.25) is 0 Å². The van der Waals surface area contributed by atoms with E-state index in [9.17, 15) is 14.7 Å².